The highest BCUT2D eigenvalue weighted by atomic mass is 16.3. The minimum Gasteiger partial charge on any atom is -0.469 e. The second-order valence-electron chi connectivity index (χ2n) is 3.79. The standard InChI is InChI=1S/C14H17NO/c1-3-13-12(9-10-16-13)14(15-2)11-7-5-4-6-8-11/h4-10,14-15H,3H2,1-2H3. The number of hydrogen-bond donors (Lipinski definition) is 1. The van der Waals surface area contributed by atoms with Gasteiger partial charge in [-0.25, -0.2) is 0 Å². The van der Waals surface area contributed by atoms with E-state index in [-0.39, 0.29) is 6.04 Å². The van der Waals surface area contributed by atoms with Gasteiger partial charge in [-0.05, 0) is 18.7 Å². The largest absolute Gasteiger partial charge is 0.469 e. The first-order chi connectivity index (χ1) is 7.86. The van der Waals surface area contributed by atoms with Crippen LogP contribution in [0.2, 0.25) is 0 Å². The molecular weight excluding hydrogens is 198 g/mol. The Balaban J connectivity index is 2.37. The molecule has 84 valence electrons. The van der Waals surface area contributed by atoms with Crippen LogP contribution < -0.4 is 5.32 Å². The molecule has 2 aromatic rings. The van der Waals surface area contributed by atoms with Gasteiger partial charge in [-0.3, -0.25) is 0 Å². The van der Waals surface area contributed by atoms with E-state index in [0.717, 1.165) is 12.2 Å². The molecular formula is C14H17NO. The summed E-state index contributed by atoms with van der Waals surface area (Å²) in [6.07, 6.45) is 2.69. The molecule has 0 spiro atoms. The molecule has 1 unspecified atom stereocenters. The summed E-state index contributed by atoms with van der Waals surface area (Å²) in [5, 5.41) is 3.34. The maximum absolute atomic E-state index is 5.48. The van der Waals surface area contributed by atoms with Crippen LogP contribution in [0.5, 0.6) is 0 Å². The van der Waals surface area contributed by atoms with Crippen LogP contribution in [0.15, 0.2) is 47.1 Å². The molecule has 1 N–H and O–H groups in total. The van der Waals surface area contributed by atoms with E-state index in [9.17, 15) is 0 Å². The lowest BCUT2D eigenvalue weighted by Gasteiger charge is -2.16. The second-order valence-corrected chi connectivity index (χ2v) is 3.79. The van der Waals surface area contributed by atoms with Crippen molar-refractivity contribution < 1.29 is 4.42 Å². The van der Waals surface area contributed by atoms with Crippen LogP contribution in [0.3, 0.4) is 0 Å². The van der Waals surface area contributed by atoms with Crippen molar-refractivity contribution in [2.75, 3.05) is 7.05 Å². The number of nitrogens with one attached hydrogen (secondary N) is 1. The molecule has 0 fully saturated rings. The normalized spacial score (nSPS) is 12.6. The van der Waals surface area contributed by atoms with Crippen molar-refractivity contribution in [2.24, 2.45) is 0 Å². The molecule has 0 saturated carbocycles. The summed E-state index contributed by atoms with van der Waals surface area (Å²) in [4.78, 5) is 0. The molecule has 2 heteroatoms. The van der Waals surface area contributed by atoms with Crippen molar-refractivity contribution >= 4 is 0 Å². The smallest absolute Gasteiger partial charge is 0.108 e. The third-order valence-electron chi connectivity index (χ3n) is 2.83. The van der Waals surface area contributed by atoms with Gasteiger partial charge in [-0.15, -0.1) is 0 Å². The topological polar surface area (TPSA) is 25.2 Å². The summed E-state index contributed by atoms with van der Waals surface area (Å²) in [5.74, 6) is 1.06. The number of hydrogen-bond acceptors (Lipinski definition) is 2. The summed E-state index contributed by atoms with van der Waals surface area (Å²) in [5.41, 5.74) is 2.50. The summed E-state index contributed by atoms with van der Waals surface area (Å²) in [6.45, 7) is 2.11. The number of furan rings is 1. The molecule has 1 aromatic heterocycles. The van der Waals surface area contributed by atoms with Crippen LogP contribution in [0, 0.1) is 0 Å². The lowest BCUT2D eigenvalue weighted by atomic mass is 9.98. The van der Waals surface area contributed by atoms with E-state index < -0.39 is 0 Å². The van der Waals surface area contributed by atoms with Crippen molar-refractivity contribution in [1.29, 1.82) is 0 Å². The molecule has 0 aliphatic carbocycles. The van der Waals surface area contributed by atoms with Crippen LogP contribution in [0.4, 0.5) is 0 Å². The molecule has 0 aliphatic rings. The quantitative estimate of drug-likeness (QED) is 0.847. The fraction of sp³-hybridized carbons (Fsp3) is 0.286. The Morgan fingerprint density at radius 3 is 2.56 bits per heavy atom. The lowest BCUT2D eigenvalue weighted by Crippen LogP contribution is -2.18. The number of rotatable bonds is 4. The van der Waals surface area contributed by atoms with Gasteiger partial charge in [0.1, 0.15) is 5.76 Å². The van der Waals surface area contributed by atoms with Gasteiger partial charge in [0.15, 0.2) is 0 Å². The first-order valence-corrected chi connectivity index (χ1v) is 5.65. The van der Waals surface area contributed by atoms with E-state index in [0.29, 0.717) is 0 Å². The van der Waals surface area contributed by atoms with Crippen LogP contribution in [0.25, 0.3) is 0 Å². The lowest BCUT2D eigenvalue weighted by molar-refractivity contribution is 0.505. The summed E-state index contributed by atoms with van der Waals surface area (Å²) >= 11 is 0. The van der Waals surface area contributed by atoms with Crippen molar-refractivity contribution in [3.05, 3.63) is 59.5 Å². The maximum atomic E-state index is 5.48. The van der Waals surface area contributed by atoms with Gasteiger partial charge < -0.3 is 9.73 Å². The third kappa shape index (κ3) is 2.02. The third-order valence-corrected chi connectivity index (χ3v) is 2.83. The van der Waals surface area contributed by atoms with Gasteiger partial charge >= 0.3 is 0 Å². The van der Waals surface area contributed by atoms with Gasteiger partial charge in [0.25, 0.3) is 0 Å². The molecule has 0 amide bonds. The Kier molecular flexibility index (Phi) is 3.42. The molecule has 1 aromatic carbocycles. The minimum atomic E-state index is 0.217. The van der Waals surface area contributed by atoms with Crippen molar-refractivity contribution in [3.8, 4) is 0 Å². The zero-order valence-electron chi connectivity index (χ0n) is 9.73. The van der Waals surface area contributed by atoms with Crippen LogP contribution >= 0.6 is 0 Å². The summed E-state index contributed by atoms with van der Waals surface area (Å²) in [6, 6.07) is 12.7. The Hall–Kier alpha value is -1.54. The minimum absolute atomic E-state index is 0.217. The SMILES string of the molecule is CCc1occc1C(NC)c1ccccc1. The van der Waals surface area contributed by atoms with E-state index in [2.05, 4.69) is 36.5 Å². The zero-order chi connectivity index (χ0) is 11.4. The number of aryl methyl sites for hydroxylation is 1. The maximum Gasteiger partial charge on any atom is 0.108 e. The molecule has 2 rings (SSSR count). The highest BCUT2D eigenvalue weighted by Crippen LogP contribution is 2.25. The Morgan fingerprint density at radius 1 is 1.19 bits per heavy atom. The Labute approximate surface area is 96.3 Å². The first kappa shape index (κ1) is 11.0. The molecule has 2 nitrogen and oxygen atoms in total. The molecule has 0 bridgehead atoms. The van der Waals surface area contributed by atoms with Crippen molar-refractivity contribution in [2.45, 2.75) is 19.4 Å². The first-order valence-electron chi connectivity index (χ1n) is 5.65. The zero-order valence-corrected chi connectivity index (χ0v) is 9.73. The van der Waals surface area contributed by atoms with Crippen LogP contribution in [-0.2, 0) is 6.42 Å². The highest BCUT2D eigenvalue weighted by molar-refractivity contribution is 5.33. The van der Waals surface area contributed by atoms with Gasteiger partial charge in [0.05, 0.1) is 12.3 Å². The molecule has 1 heterocycles. The van der Waals surface area contributed by atoms with E-state index in [1.807, 2.05) is 19.2 Å². The fourth-order valence-corrected chi connectivity index (χ4v) is 2.04. The molecule has 16 heavy (non-hydrogen) atoms. The average molecular weight is 215 g/mol. The van der Waals surface area contributed by atoms with Gasteiger partial charge in [-0.2, -0.15) is 0 Å². The molecule has 0 radical (unpaired) electrons. The van der Waals surface area contributed by atoms with Gasteiger partial charge in [0.2, 0.25) is 0 Å². The van der Waals surface area contributed by atoms with Gasteiger partial charge in [-0.1, -0.05) is 37.3 Å². The van der Waals surface area contributed by atoms with E-state index >= 15 is 0 Å². The molecule has 1 atom stereocenters. The van der Waals surface area contributed by atoms with Gasteiger partial charge in [0, 0.05) is 12.0 Å². The Morgan fingerprint density at radius 2 is 1.94 bits per heavy atom. The van der Waals surface area contributed by atoms with Crippen LogP contribution in [0.1, 0.15) is 29.9 Å². The monoisotopic (exact) mass is 215 g/mol. The fourth-order valence-electron chi connectivity index (χ4n) is 2.04. The predicted molar refractivity (Wildman–Crippen MR) is 65.4 cm³/mol. The van der Waals surface area contributed by atoms with E-state index in [4.69, 9.17) is 4.42 Å². The van der Waals surface area contributed by atoms with E-state index in [1.54, 1.807) is 6.26 Å². The second kappa shape index (κ2) is 4.99. The van der Waals surface area contributed by atoms with Crippen molar-refractivity contribution in [3.63, 3.8) is 0 Å². The highest BCUT2D eigenvalue weighted by Gasteiger charge is 2.16. The number of benzene rings is 1. The Bertz CT molecular complexity index is 433. The molecule has 0 saturated heterocycles. The average Bonchev–Trinajstić information content (AvgIpc) is 2.80. The molecule has 0 aliphatic heterocycles. The summed E-state index contributed by atoms with van der Waals surface area (Å²) < 4.78 is 5.48. The van der Waals surface area contributed by atoms with E-state index in [1.165, 1.54) is 11.1 Å². The van der Waals surface area contributed by atoms with Crippen molar-refractivity contribution in [1.82, 2.24) is 5.32 Å². The predicted octanol–water partition coefficient (Wildman–Crippen LogP) is 3.15. The summed E-state index contributed by atoms with van der Waals surface area (Å²) in [7, 11) is 1.98. The van der Waals surface area contributed by atoms with Crippen LogP contribution in [-0.4, -0.2) is 7.05 Å².